The molecule has 9 N–H and O–H groups in total. The molecular weight excluding hydrogens is 638 g/mol. The van der Waals surface area contributed by atoms with Crippen LogP contribution in [0.3, 0.4) is 0 Å². The Bertz CT molecular complexity index is 1330. The number of esters is 1. The maximum atomic E-state index is 14.0. The summed E-state index contributed by atoms with van der Waals surface area (Å²) in [5.74, 6) is -5.82. The van der Waals surface area contributed by atoms with Crippen molar-refractivity contribution in [1.29, 1.82) is 0 Å². The molecule has 4 amide bonds. The molecule has 5 atom stereocenters. The predicted octanol–water partition coefficient (Wildman–Crippen LogP) is 1.50. The highest BCUT2D eigenvalue weighted by Gasteiger charge is 2.44. The Morgan fingerprint density at radius 1 is 0.918 bits per heavy atom. The van der Waals surface area contributed by atoms with E-state index in [1.807, 2.05) is 0 Å². The fourth-order valence-corrected chi connectivity index (χ4v) is 4.61. The molecule has 0 aliphatic rings. The number of aliphatic imine (C=N–C) groups is 1. The highest BCUT2D eigenvalue weighted by atomic mass is 16.6. The number of nitrogens with zero attached hydrogens (tertiary/aromatic N) is 2. The highest BCUT2D eigenvalue weighted by molar-refractivity contribution is 6.01. The van der Waals surface area contributed by atoms with E-state index in [1.54, 1.807) is 66.7 Å². The summed E-state index contributed by atoms with van der Waals surface area (Å²) in [5.41, 5.74) is 16.0. The van der Waals surface area contributed by atoms with Crippen molar-refractivity contribution in [2.45, 2.75) is 111 Å². The maximum Gasteiger partial charge on any atom is 0.417 e. The number of hydrogen-bond acceptors (Lipinski definition) is 10. The summed E-state index contributed by atoms with van der Waals surface area (Å²) >= 11 is 0. The number of guanidine groups is 1. The molecule has 16 heteroatoms. The van der Waals surface area contributed by atoms with Crippen LogP contribution in [0.1, 0.15) is 85.0 Å². The van der Waals surface area contributed by atoms with Crippen LogP contribution in [-0.2, 0) is 28.7 Å². The topological polar surface area (TPSA) is 259 Å². The van der Waals surface area contributed by atoms with Crippen molar-refractivity contribution in [1.82, 2.24) is 15.5 Å². The highest BCUT2D eigenvalue weighted by Crippen LogP contribution is 2.20. The number of nitrogens with two attached hydrogens (primary N) is 3. The third-order valence-corrected chi connectivity index (χ3v) is 7.00. The van der Waals surface area contributed by atoms with E-state index in [0.717, 1.165) is 0 Å². The van der Waals surface area contributed by atoms with Gasteiger partial charge in [0.2, 0.25) is 11.8 Å². The third-order valence-electron chi connectivity index (χ3n) is 7.00. The molecule has 0 aromatic heterocycles. The van der Waals surface area contributed by atoms with Gasteiger partial charge in [-0.25, -0.2) is 19.3 Å². The largest absolute Gasteiger partial charge is 0.480 e. The lowest BCUT2D eigenvalue weighted by Crippen LogP contribution is -2.63. The van der Waals surface area contributed by atoms with Gasteiger partial charge in [-0.2, -0.15) is 0 Å². The Morgan fingerprint density at radius 3 is 1.98 bits per heavy atom. The second kappa shape index (κ2) is 19.3. The van der Waals surface area contributed by atoms with Crippen LogP contribution in [0.4, 0.5) is 4.79 Å². The summed E-state index contributed by atoms with van der Waals surface area (Å²) < 4.78 is 10.9. The minimum Gasteiger partial charge on any atom is -0.480 e. The quantitative estimate of drug-likeness (QED) is 0.0588. The van der Waals surface area contributed by atoms with Crippen LogP contribution in [0.15, 0.2) is 35.3 Å². The fourth-order valence-electron chi connectivity index (χ4n) is 4.61. The lowest BCUT2D eigenvalue weighted by Gasteiger charge is -2.36. The number of imide groups is 1. The van der Waals surface area contributed by atoms with Crippen molar-refractivity contribution in [2.75, 3.05) is 6.54 Å². The fraction of sp³-hybridized carbons (Fsp3) is 0.606. The van der Waals surface area contributed by atoms with Gasteiger partial charge in [0.15, 0.2) is 5.96 Å². The van der Waals surface area contributed by atoms with E-state index in [1.165, 1.54) is 19.1 Å². The van der Waals surface area contributed by atoms with Gasteiger partial charge in [0.25, 0.3) is 5.91 Å². The Hall–Kier alpha value is -4.73. The lowest BCUT2D eigenvalue weighted by atomic mass is 9.97. The number of hydrogen-bond donors (Lipinski definition) is 6. The number of rotatable bonds is 17. The zero-order chi connectivity index (χ0) is 37.6. The molecule has 0 aliphatic heterocycles. The van der Waals surface area contributed by atoms with Gasteiger partial charge in [-0.05, 0) is 70.9 Å². The van der Waals surface area contributed by atoms with Crippen LogP contribution >= 0.6 is 0 Å². The number of aliphatic carboxylic acids is 1. The number of carbonyl (C=O) groups is 6. The molecule has 16 nitrogen and oxygen atoms in total. The second-order valence-corrected chi connectivity index (χ2v) is 13.4. The summed E-state index contributed by atoms with van der Waals surface area (Å²) in [6.07, 6.45) is -2.08. The van der Waals surface area contributed by atoms with E-state index >= 15 is 0 Å². The molecule has 274 valence electrons. The first-order valence-corrected chi connectivity index (χ1v) is 16.1. The first kappa shape index (κ1) is 42.3. The molecule has 0 radical (unpaired) electrons. The van der Waals surface area contributed by atoms with Crippen molar-refractivity contribution in [3.63, 3.8) is 0 Å². The van der Waals surface area contributed by atoms with Crippen molar-refractivity contribution in [2.24, 2.45) is 34.0 Å². The molecule has 1 rings (SSSR count). The molecule has 1 aromatic carbocycles. The Balaban J connectivity index is 3.40. The number of carboxylic acids is 1. The van der Waals surface area contributed by atoms with Crippen LogP contribution < -0.4 is 27.8 Å². The first-order valence-electron chi connectivity index (χ1n) is 16.1. The van der Waals surface area contributed by atoms with Gasteiger partial charge in [0, 0.05) is 6.54 Å². The predicted molar refractivity (Wildman–Crippen MR) is 182 cm³/mol. The summed E-state index contributed by atoms with van der Waals surface area (Å²) in [6.45, 7) is 13.0. The number of carbonyl (C=O) groups excluding carboxylic acids is 5. The van der Waals surface area contributed by atoms with Crippen LogP contribution in [0, 0.1) is 11.8 Å². The first-order chi connectivity index (χ1) is 22.7. The van der Waals surface area contributed by atoms with Gasteiger partial charge >= 0.3 is 18.0 Å². The average Bonchev–Trinajstić information content (AvgIpc) is 2.98. The summed E-state index contributed by atoms with van der Waals surface area (Å²) in [6, 6.07) is 2.31. The van der Waals surface area contributed by atoms with E-state index in [9.17, 15) is 33.9 Å². The van der Waals surface area contributed by atoms with Crippen LogP contribution in [0.25, 0.3) is 0 Å². The second-order valence-electron chi connectivity index (χ2n) is 13.4. The Morgan fingerprint density at radius 2 is 1.49 bits per heavy atom. The van der Waals surface area contributed by atoms with Gasteiger partial charge in [-0.15, -0.1) is 0 Å². The maximum absolute atomic E-state index is 14.0. The lowest BCUT2D eigenvalue weighted by molar-refractivity contribution is -0.145. The van der Waals surface area contributed by atoms with Crippen molar-refractivity contribution >= 4 is 41.7 Å². The monoisotopic (exact) mass is 691 g/mol. The zero-order valence-electron chi connectivity index (χ0n) is 29.6. The van der Waals surface area contributed by atoms with E-state index in [4.69, 9.17) is 26.7 Å². The Kier molecular flexibility index (Phi) is 16.7. The molecule has 1 aromatic rings. The number of benzene rings is 1. The number of carboxylic acid groups (broad SMARTS) is 1. The van der Waals surface area contributed by atoms with Crippen LogP contribution in [0.5, 0.6) is 0 Å². The molecule has 2 unspecified atom stereocenters. The van der Waals surface area contributed by atoms with Gasteiger partial charge in [0.05, 0.1) is 5.56 Å². The molecular formula is C33H53N7O9. The minimum atomic E-state index is -1.60. The normalized spacial score (nSPS) is 14.4. The molecule has 0 heterocycles. The van der Waals surface area contributed by atoms with E-state index in [-0.39, 0.29) is 43.2 Å². The SMILES string of the molecule is CC(C)C[C@H](NC(=O)[C@H](C(C)C)N(C(=O)OC(C)(C)C)C(=O)[C@@H](N)C(C)OC(=O)c1ccccc1)C(=O)NC(CCCN=C(N)N)C(=O)O. The molecule has 0 fully saturated rings. The van der Waals surface area contributed by atoms with Gasteiger partial charge in [-0.3, -0.25) is 19.4 Å². The van der Waals surface area contributed by atoms with Crippen molar-refractivity contribution < 1.29 is 43.3 Å². The number of amides is 4. The van der Waals surface area contributed by atoms with Gasteiger partial charge < -0.3 is 42.4 Å². The minimum absolute atomic E-state index is 0.000655. The molecule has 0 saturated heterocycles. The van der Waals surface area contributed by atoms with Gasteiger partial charge in [0.1, 0.15) is 35.9 Å². The smallest absolute Gasteiger partial charge is 0.417 e. The van der Waals surface area contributed by atoms with Crippen LogP contribution in [0.2, 0.25) is 0 Å². The number of nitrogens with one attached hydrogen (secondary N) is 2. The van der Waals surface area contributed by atoms with E-state index in [2.05, 4.69) is 15.6 Å². The molecule has 0 aliphatic carbocycles. The van der Waals surface area contributed by atoms with Gasteiger partial charge in [-0.1, -0.05) is 45.9 Å². The molecule has 0 spiro atoms. The average molecular weight is 692 g/mol. The third kappa shape index (κ3) is 14.5. The number of ether oxygens (including phenoxy) is 2. The van der Waals surface area contributed by atoms with E-state index < -0.39 is 77.5 Å². The molecule has 0 saturated carbocycles. The van der Waals surface area contributed by atoms with Crippen molar-refractivity contribution in [3.05, 3.63) is 35.9 Å². The summed E-state index contributed by atoms with van der Waals surface area (Å²) in [4.78, 5) is 83.9. The van der Waals surface area contributed by atoms with Crippen molar-refractivity contribution in [3.8, 4) is 0 Å². The standard InChI is InChI=1S/C33H53N7O9/c1-18(2)17-23(26(41)38-22(29(44)45)15-12-16-37-31(35)36)39-27(42)25(19(3)4)40(32(47)49-33(6,7)8)28(43)24(34)20(5)48-30(46)21-13-10-9-11-14-21/h9-11,13-14,18-20,22-25H,12,15-17,34H2,1-8H3,(H,38,41)(H,39,42)(H,44,45)(H4,35,36,37)/t20?,22?,23-,24-,25-/m0/s1. The zero-order valence-corrected chi connectivity index (χ0v) is 29.6. The summed E-state index contributed by atoms with van der Waals surface area (Å²) in [7, 11) is 0. The molecule has 49 heavy (non-hydrogen) atoms. The molecule has 0 bridgehead atoms. The van der Waals surface area contributed by atoms with Crippen LogP contribution in [-0.4, -0.2) is 94.1 Å². The Labute approximate surface area is 287 Å². The summed E-state index contributed by atoms with van der Waals surface area (Å²) in [5, 5.41) is 14.8. The van der Waals surface area contributed by atoms with E-state index in [0.29, 0.717) is 4.90 Å².